The molecule has 200 valence electrons. The Morgan fingerprint density at radius 2 is 1.69 bits per heavy atom. The van der Waals surface area contributed by atoms with E-state index in [0.29, 0.717) is 24.4 Å². The average Bonchev–Trinajstić information content (AvgIpc) is 3.02. The van der Waals surface area contributed by atoms with Crippen LogP contribution in [0.4, 0.5) is 0 Å². The normalized spacial score (nSPS) is 43.9. The van der Waals surface area contributed by atoms with Gasteiger partial charge in [-0.3, -0.25) is 9.59 Å². The molecule has 36 heavy (non-hydrogen) atoms. The van der Waals surface area contributed by atoms with E-state index in [1.807, 2.05) is 13.0 Å². The predicted molar refractivity (Wildman–Crippen MR) is 147 cm³/mol. The summed E-state index contributed by atoms with van der Waals surface area (Å²) in [6.45, 7) is 25.9. The first-order valence-corrected chi connectivity index (χ1v) is 14.1. The Balaban J connectivity index is 1.76. The second kappa shape index (κ2) is 8.01. The van der Waals surface area contributed by atoms with Crippen molar-refractivity contribution in [1.29, 1.82) is 0 Å². The summed E-state index contributed by atoms with van der Waals surface area (Å²) in [5.74, 6) is 0.687. The summed E-state index contributed by atoms with van der Waals surface area (Å²) in [7, 11) is 0. The summed E-state index contributed by atoms with van der Waals surface area (Å²) in [4.78, 5) is 27.5. The zero-order valence-electron chi connectivity index (χ0n) is 24.5. The molecular weight excluding hydrogens is 444 g/mol. The molecule has 0 amide bonds. The average molecular weight is 495 g/mol. The van der Waals surface area contributed by atoms with Crippen LogP contribution >= 0.6 is 0 Å². The zero-order valence-corrected chi connectivity index (χ0v) is 24.5. The molecule has 0 bridgehead atoms. The summed E-state index contributed by atoms with van der Waals surface area (Å²) in [5.41, 5.74) is -0.200. The standard InChI is InChI=1S/C33H50O3/c1-20(14-16-28(3,4)5)33(11,36)26-15-17-30(8)25-13-12-22-23(18-24(34)21(2)29(22,6)7)32(25,10)27(35)19-31(26,30)9/h12,14,16,21,23,25-26,36H,1,13,15,17-19H2,2-11H3. The Morgan fingerprint density at radius 1 is 1.08 bits per heavy atom. The van der Waals surface area contributed by atoms with E-state index in [1.165, 1.54) is 5.57 Å². The minimum atomic E-state index is -1.09. The molecule has 0 radical (unpaired) electrons. The fourth-order valence-corrected chi connectivity index (χ4v) is 9.08. The van der Waals surface area contributed by atoms with Gasteiger partial charge in [-0.1, -0.05) is 92.7 Å². The Morgan fingerprint density at radius 3 is 2.28 bits per heavy atom. The van der Waals surface area contributed by atoms with Crippen molar-refractivity contribution in [3.63, 3.8) is 0 Å². The molecule has 8 atom stereocenters. The second-order valence-corrected chi connectivity index (χ2v) is 15.3. The van der Waals surface area contributed by atoms with Crippen molar-refractivity contribution in [1.82, 2.24) is 0 Å². The van der Waals surface area contributed by atoms with Crippen LogP contribution in [-0.4, -0.2) is 22.3 Å². The van der Waals surface area contributed by atoms with E-state index < -0.39 is 11.0 Å². The maximum absolute atomic E-state index is 14.3. The van der Waals surface area contributed by atoms with Crippen molar-refractivity contribution < 1.29 is 14.7 Å². The lowest BCUT2D eigenvalue weighted by Crippen LogP contribution is -2.64. The van der Waals surface area contributed by atoms with Crippen molar-refractivity contribution >= 4 is 11.6 Å². The molecule has 4 aliphatic carbocycles. The van der Waals surface area contributed by atoms with E-state index >= 15 is 0 Å². The van der Waals surface area contributed by atoms with E-state index in [2.05, 4.69) is 81.0 Å². The zero-order chi connectivity index (χ0) is 27.3. The molecule has 3 saturated carbocycles. The number of ketones is 2. The second-order valence-electron chi connectivity index (χ2n) is 15.3. The molecular formula is C33H50O3. The van der Waals surface area contributed by atoms with Crippen LogP contribution in [0, 0.1) is 50.7 Å². The molecule has 4 aliphatic rings. The summed E-state index contributed by atoms with van der Waals surface area (Å²) >= 11 is 0. The SMILES string of the molecule is C=C(C=CC(C)(C)C)C(C)(O)C1CCC2(C)C3CC=C4C(CC(=O)C(C)C4(C)C)C3(C)C(=O)CC12C. The highest BCUT2D eigenvalue weighted by molar-refractivity contribution is 5.91. The van der Waals surface area contributed by atoms with Crippen LogP contribution in [0.15, 0.2) is 36.0 Å². The molecule has 0 spiro atoms. The van der Waals surface area contributed by atoms with Gasteiger partial charge in [0.25, 0.3) is 0 Å². The topological polar surface area (TPSA) is 54.4 Å². The van der Waals surface area contributed by atoms with Crippen LogP contribution in [0.25, 0.3) is 0 Å². The molecule has 4 rings (SSSR count). The van der Waals surface area contributed by atoms with Gasteiger partial charge in [0.05, 0.1) is 5.60 Å². The number of rotatable bonds is 3. The maximum atomic E-state index is 14.3. The molecule has 0 aromatic heterocycles. The molecule has 0 aliphatic heterocycles. The lowest BCUT2D eigenvalue weighted by atomic mass is 9.38. The minimum Gasteiger partial charge on any atom is -0.385 e. The van der Waals surface area contributed by atoms with Crippen LogP contribution in [0.1, 0.15) is 101 Å². The number of fused-ring (bicyclic) bond motifs is 5. The molecule has 0 aromatic carbocycles. The van der Waals surface area contributed by atoms with Gasteiger partial charge in [0, 0.05) is 24.2 Å². The monoisotopic (exact) mass is 494 g/mol. The van der Waals surface area contributed by atoms with Crippen LogP contribution in [-0.2, 0) is 9.59 Å². The molecule has 3 nitrogen and oxygen atoms in total. The number of carbonyl (C=O) groups excluding carboxylic acids is 2. The van der Waals surface area contributed by atoms with Gasteiger partial charge in [0.1, 0.15) is 11.6 Å². The van der Waals surface area contributed by atoms with Gasteiger partial charge in [-0.25, -0.2) is 0 Å². The highest BCUT2D eigenvalue weighted by atomic mass is 16.3. The number of aliphatic hydroxyl groups is 1. The smallest absolute Gasteiger partial charge is 0.140 e. The Bertz CT molecular complexity index is 1050. The highest BCUT2D eigenvalue weighted by Crippen LogP contribution is 2.74. The maximum Gasteiger partial charge on any atom is 0.140 e. The fourth-order valence-electron chi connectivity index (χ4n) is 9.08. The first kappa shape index (κ1) is 27.6. The third-order valence-corrected chi connectivity index (χ3v) is 12.1. The predicted octanol–water partition coefficient (Wildman–Crippen LogP) is 7.50. The highest BCUT2D eigenvalue weighted by Gasteiger charge is 2.72. The lowest BCUT2D eigenvalue weighted by Gasteiger charge is -2.65. The van der Waals surface area contributed by atoms with E-state index in [9.17, 15) is 14.7 Å². The van der Waals surface area contributed by atoms with E-state index in [4.69, 9.17) is 0 Å². The summed E-state index contributed by atoms with van der Waals surface area (Å²) in [6.07, 6.45) is 10.2. The van der Waals surface area contributed by atoms with E-state index in [0.717, 1.165) is 24.8 Å². The third-order valence-electron chi connectivity index (χ3n) is 12.1. The number of hydrogen-bond donors (Lipinski definition) is 1. The van der Waals surface area contributed by atoms with Crippen LogP contribution in [0.5, 0.6) is 0 Å². The van der Waals surface area contributed by atoms with Gasteiger partial charge < -0.3 is 5.11 Å². The van der Waals surface area contributed by atoms with Gasteiger partial charge in [-0.05, 0) is 71.2 Å². The van der Waals surface area contributed by atoms with Crippen LogP contribution in [0.2, 0.25) is 0 Å². The fraction of sp³-hybridized carbons (Fsp3) is 0.758. The Labute approximate surface area is 219 Å². The quantitative estimate of drug-likeness (QED) is 0.326. The Hall–Kier alpha value is -1.48. The molecule has 0 aromatic rings. The summed E-state index contributed by atoms with van der Waals surface area (Å²) < 4.78 is 0. The van der Waals surface area contributed by atoms with Gasteiger partial charge in [-0.15, -0.1) is 0 Å². The number of hydrogen-bond acceptors (Lipinski definition) is 3. The van der Waals surface area contributed by atoms with Gasteiger partial charge >= 0.3 is 0 Å². The lowest BCUT2D eigenvalue weighted by molar-refractivity contribution is -0.176. The molecule has 1 N–H and O–H groups in total. The summed E-state index contributed by atoms with van der Waals surface area (Å²) in [6, 6.07) is 0. The number of carbonyl (C=O) groups is 2. The molecule has 0 heterocycles. The van der Waals surface area contributed by atoms with Crippen molar-refractivity contribution in [3.8, 4) is 0 Å². The first-order chi connectivity index (χ1) is 16.2. The Kier molecular flexibility index (Phi) is 6.13. The molecule has 3 fully saturated rings. The van der Waals surface area contributed by atoms with Crippen molar-refractivity contribution in [2.45, 2.75) is 107 Å². The number of allylic oxidation sites excluding steroid dienone is 3. The van der Waals surface area contributed by atoms with Crippen LogP contribution in [0.3, 0.4) is 0 Å². The third kappa shape index (κ3) is 3.54. The first-order valence-electron chi connectivity index (χ1n) is 14.1. The van der Waals surface area contributed by atoms with Crippen LogP contribution < -0.4 is 0 Å². The molecule has 0 saturated heterocycles. The van der Waals surface area contributed by atoms with Crippen molar-refractivity contribution in [2.24, 2.45) is 50.7 Å². The molecule has 3 heteroatoms. The van der Waals surface area contributed by atoms with Crippen molar-refractivity contribution in [2.75, 3.05) is 0 Å². The largest absolute Gasteiger partial charge is 0.385 e. The van der Waals surface area contributed by atoms with E-state index in [-0.39, 0.29) is 45.3 Å². The van der Waals surface area contributed by atoms with E-state index in [1.54, 1.807) is 0 Å². The minimum absolute atomic E-state index is 0.00454. The molecule has 8 unspecified atom stereocenters. The van der Waals surface area contributed by atoms with Gasteiger partial charge in [0.15, 0.2) is 0 Å². The van der Waals surface area contributed by atoms with Crippen molar-refractivity contribution in [3.05, 3.63) is 36.0 Å². The summed E-state index contributed by atoms with van der Waals surface area (Å²) in [5, 5.41) is 11.9. The van der Waals surface area contributed by atoms with Gasteiger partial charge in [0.2, 0.25) is 0 Å². The number of Topliss-reactive ketones (excluding diaryl/α,β-unsaturated/α-hetero) is 2. The van der Waals surface area contributed by atoms with Gasteiger partial charge in [-0.2, -0.15) is 0 Å².